The molecule has 7 heteroatoms. The maximum Gasteiger partial charge on any atom is 0.407 e. The average Bonchev–Trinajstić information content (AvgIpc) is 3.07. The van der Waals surface area contributed by atoms with Gasteiger partial charge in [-0.3, -0.25) is 9.59 Å². The van der Waals surface area contributed by atoms with Crippen LogP contribution in [0.2, 0.25) is 0 Å². The molecule has 2 aromatic carbocycles. The highest BCUT2D eigenvalue weighted by molar-refractivity contribution is 5.85. The molecule has 1 saturated carbocycles. The van der Waals surface area contributed by atoms with Crippen LogP contribution in [-0.4, -0.2) is 42.3 Å². The quantitative estimate of drug-likeness (QED) is 0.587. The zero-order valence-corrected chi connectivity index (χ0v) is 18.0. The van der Waals surface area contributed by atoms with Crippen LogP contribution in [0.15, 0.2) is 48.5 Å². The van der Waals surface area contributed by atoms with Crippen molar-refractivity contribution in [2.24, 2.45) is 11.8 Å². The van der Waals surface area contributed by atoms with Gasteiger partial charge in [-0.2, -0.15) is 0 Å². The number of ether oxygens (including phenoxy) is 1. The van der Waals surface area contributed by atoms with E-state index in [-0.39, 0.29) is 30.9 Å². The Morgan fingerprint density at radius 3 is 2.16 bits per heavy atom. The van der Waals surface area contributed by atoms with Crippen LogP contribution < -0.4 is 10.6 Å². The number of nitrogens with one attached hydrogen (secondary N) is 2. The Bertz CT molecular complexity index is 971. The summed E-state index contributed by atoms with van der Waals surface area (Å²) in [6.07, 6.45) is 2.25. The molecule has 4 rings (SSSR count). The van der Waals surface area contributed by atoms with E-state index in [2.05, 4.69) is 34.9 Å². The molecule has 2 amide bonds. The number of amides is 2. The van der Waals surface area contributed by atoms with Crippen molar-refractivity contribution in [3.8, 4) is 11.1 Å². The first-order valence-corrected chi connectivity index (χ1v) is 11.1. The molecule has 0 bridgehead atoms. The van der Waals surface area contributed by atoms with Gasteiger partial charge in [0.1, 0.15) is 12.6 Å². The van der Waals surface area contributed by atoms with E-state index in [1.54, 1.807) is 0 Å². The van der Waals surface area contributed by atoms with Crippen LogP contribution in [0.4, 0.5) is 4.79 Å². The highest BCUT2D eigenvalue weighted by Crippen LogP contribution is 2.44. The number of hydrogen-bond acceptors (Lipinski definition) is 4. The van der Waals surface area contributed by atoms with Gasteiger partial charge in [0.25, 0.3) is 0 Å². The molecule has 7 nitrogen and oxygen atoms in total. The molecule has 32 heavy (non-hydrogen) atoms. The van der Waals surface area contributed by atoms with E-state index in [4.69, 9.17) is 9.84 Å². The Morgan fingerprint density at radius 2 is 1.62 bits per heavy atom. The molecule has 2 aliphatic carbocycles. The summed E-state index contributed by atoms with van der Waals surface area (Å²) in [6.45, 7) is 1.76. The lowest BCUT2D eigenvalue weighted by Gasteiger charge is -2.33. The van der Waals surface area contributed by atoms with Crippen molar-refractivity contribution >= 4 is 18.0 Å². The molecule has 2 aliphatic rings. The molecule has 0 aromatic heterocycles. The number of carboxylic acid groups (broad SMARTS) is 1. The number of fused-ring (bicyclic) bond motifs is 3. The van der Waals surface area contributed by atoms with E-state index >= 15 is 0 Å². The van der Waals surface area contributed by atoms with Crippen molar-refractivity contribution in [2.75, 3.05) is 13.2 Å². The standard InChI is InChI=1S/C25H28N2O5/c1-15(24(29)30)27-23(28)21(16-7-6-8-16)13-26-25(31)32-14-22-19-11-4-2-9-17(19)18-10-3-5-12-20(18)22/h2-5,9-12,15-16,21-22H,6-8,13-14H2,1H3,(H,26,31)(H,27,28)(H,29,30). The first-order valence-electron chi connectivity index (χ1n) is 11.1. The van der Waals surface area contributed by atoms with Gasteiger partial charge in [0.15, 0.2) is 0 Å². The largest absolute Gasteiger partial charge is 0.480 e. The molecule has 2 atom stereocenters. The highest BCUT2D eigenvalue weighted by Gasteiger charge is 2.34. The lowest BCUT2D eigenvalue weighted by atomic mass is 9.75. The van der Waals surface area contributed by atoms with E-state index in [0.717, 1.165) is 41.5 Å². The van der Waals surface area contributed by atoms with Crippen LogP contribution in [0.5, 0.6) is 0 Å². The van der Waals surface area contributed by atoms with Gasteiger partial charge in [0.2, 0.25) is 5.91 Å². The maximum atomic E-state index is 12.6. The molecule has 0 radical (unpaired) electrons. The van der Waals surface area contributed by atoms with Crippen LogP contribution in [0, 0.1) is 11.8 Å². The first kappa shape index (κ1) is 21.9. The van der Waals surface area contributed by atoms with Crippen LogP contribution in [0.3, 0.4) is 0 Å². The lowest BCUT2D eigenvalue weighted by molar-refractivity contribution is -0.142. The molecule has 3 N–H and O–H groups in total. The van der Waals surface area contributed by atoms with Crippen LogP contribution in [0.25, 0.3) is 11.1 Å². The predicted octanol–water partition coefficient (Wildman–Crippen LogP) is 3.53. The molecular formula is C25H28N2O5. The van der Waals surface area contributed by atoms with Crippen molar-refractivity contribution < 1.29 is 24.2 Å². The SMILES string of the molecule is CC(NC(=O)C(CNC(=O)OCC1c2ccccc2-c2ccccc21)C1CCC1)C(=O)O. The summed E-state index contributed by atoms with van der Waals surface area (Å²) in [6, 6.07) is 15.3. The summed E-state index contributed by atoms with van der Waals surface area (Å²) in [5, 5.41) is 14.3. The molecule has 1 fully saturated rings. The van der Waals surface area contributed by atoms with Crippen LogP contribution >= 0.6 is 0 Å². The van der Waals surface area contributed by atoms with Crippen LogP contribution in [-0.2, 0) is 14.3 Å². The van der Waals surface area contributed by atoms with Gasteiger partial charge in [0.05, 0.1) is 5.92 Å². The fourth-order valence-electron chi connectivity index (χ4n) is 4.54. The van der Waals surface area contributed by atoms with Gasteiger partial charge in [-0.15, -0.1) is 0 Å². The smallest absolute Gasteiger partial charge is 0.407 e. The first-order chi connectivity index (χ1) is 15.5. The monoisotopic (exact) mass is 436 g/mol. The van der Waals surface area contributed by atoms with Gasteiger partial charge < -0.3 is 20.5 Å². The Balaban J connectivity index is 1.35. The van der Waals surface area contributed by atoms with Crippen molar-refractivity contribution in [2.45, 2.75) is 38.1 Å². The normalized spacial score (nSPS) is 16.8. The van der Waals surface area contributed by atoms with Gasteiger partial charge in [-0.05, 0) is 47.9 Å². The minimum atomic E-state index is -1.09. The zero-order valence-electron chi connectivity index (χ0n) is 18.0. The third-order valence-electron chi connectivity index (χ3n) is 6.59. The van der Waals surface area contributed by atoms with Crippen molar-refractivity contribution in [1.29, 1.82) is 0 Å². The molecule has 168 valence electrons. The second-order valence-electron chi connectivity index (χ2n) is 8.57. The van der Waals surface area contributed by atoms with E-state index in [1.807, 2.05) is 24.3 Å². The van der Waals surface area contributed by atoms with Crippen molar-refractivity contribution in [3.63, 3.8) is 0 Å². The number of hydrogen-bond donors (Lipinski definition) is 3. The average molecular weight is 437 g/mol. The summed E-state index contributed by atoms with van der Waals surface area (Å²) in [7, 11) is 0. The number of aliphatic carboxylic acids is 1. The summed E-state index contributed by atoms with van der Waals surface area (Å²) in [5.41, 5.74) is 4.59. The second kappa shape index (κ2) is 9.42. The van der Waals surface area contributed by atoms with E-state index < -0.39 is 24.0 Å². The minimum Gasteiger partial charge on any atom is -0.480 e. The van der Waals surface area contributed by atoms with E-state index in [0.29, 0.717) is 0 Å². The van der Waals surface area contributed by atoms with Gasteiger partial charge >= 0.3 is 12.1 Å². The summed E-state index contributed by atoms with van der Waals surface area (Å²) >= 11 is 0. The molecule has 2 aromatic rings. The second-order valence-corrected chi connectivity index (χ2v) is 8.57. The number of carbonyl (C=O) groups is 3. The molecule has 0 heterocycles. The fraction of sp³-hybridized carbons (Fsp3) is 0.400. The molecule has 0 aliphatic heterocycles. The topological polar surface area (TPSA) is 105 Å². The zero-order chi connectivity index (χ0) is 22.7. The minimum absolute atomic E-state index is 0.0321. The highest BCUT2D eigenvalue weighted by atomic mass is 16.5. The number of rotatable bonds is 8. The molecule has 0 spiro atoms. The van der Waals surface area contributed by atoms with Gasteiger partial charge in [-0.1, -0.05) is 55.0 Å². The fourth-order valence-corrected chi connectivity index (χ4v) is 4.54. The number of benzene rings is 2. The van der Waals surface area contributed by atoms with E-state index in [9.17, 15) is 14.4 Å². The van der Waals surface area contributed by atoms with Crippen molar-refractivity contribution in [1.82, 2.24) is 10.6 Å². The Labute approximate surface area is 187 Å². The Morgan fingerprint density at radius 1 is 1.03 bits per heavy atom. The van der Waals surface area contributed by atoms with Gasteiger partial charge in [-0.25, -0.2) is 4.79 Å². The number of carbonyl (C=O) groups excluding carboxylic acids is 2. The molecule has 0 saturated heterocycles. The summed E-state index contributed by atoms with van der Waals surface area (Å²) in [5.74, 6) is -1.79. The molecule has 2 unspecified atom stereocenters. The number of alkyl carbamates (subject to hydrolysis) is 1. The third-order valence-corrected chi connectivity index (χ3v) is 6.59. The molecular weight excluding hydrogens is 408 g/mol. The summed E-state index contributed by atoms with van der Waals surface area (Å²) < 4.78 is 5.54. The Kier molecular flexibility index (Phi) is 6.44. The summed E-state index contributed by atoms with van der Waals surface area (Å²) in [4.78, 5) is 36.1. The maximum absolute atomic E-state index is 12.6. The van der Waals surface area contributed by atoms with Crippen molar-refractivity contribution in [3.05, 3.63) is 59.7 Å². The third kappa shape index (κ3) is 4.47. The predicted molar refractivity (Wildman–Crippen MR) is 119 cm³/mol. The number of carboxylic acids is 1. The van der Waals surface area contributed by atoms with Crippen LogP contribution in [0.1, 0.15) is 43.2 Å². The Hall–Kier alpha value is -3.35. The van der Waals surface area contributed by atoms with Gasteiger partial charge in [0, 0.05) is 12.5 Å². The van der Waals surface area contributed by atoms with E-state index in [1.165, 1.54) is 6.92 Å². The lowest BCUT2D eigenvalue weighted by Crippen LogP contribution is -2.48.